The molecule has 1 aromatic heterocycles. The molecule has 1 fully saturated rings. The molecule has 1 saturated heterocycles. The Kier molecular flexibility index (Phi) is 10.2. The molecule has 1 amide bonds. The largest absolute Gasteiger partial charge is 0.369 e. The minimum atomic E-state index is -0.140. The molecule has 1 aromatic carbocycles. The molecule has 0 bridgehead atoms. The predicted octanol–water partition coefficient (Wildman–Crippen LogP) is 2.92. The van der Waals surface area contributed by atoms with Crippen LogP contribution in [0.1, 0.15) is 23.7 Å². The summed E-state index contributed by atoms with van der Waals surface area (Å²) in [7, 11) is 0. The van der Waals surface area contributed by atoms with Crippen molar-refractivity contribution in [3.05, 3.63) is 59.4 Å². The molecule has 0 aliphatic carbocycles. The van der Waals surface area contributed by atoms with Crippen LogP contribution < -0.4 is 20.9 Å². The molecule has 162 valence electrons. The van der Waals surface area contributed by atoms with E-state index in [-0.39, 0.29) is 29.9 Å². The van der Waals surface area contributed by atoms with E-state index in [0.717, 1.165) is 42.7 Å². The molecule has 3 N–H and O–H groups in total. The van der Waals surface area contributed by atoms with Gasteiger partial charge in [-0.15, -0.1) is 24.0 Å². The number of hydrogen-bond donors (Lipinski definition) is 3. The Balaban J connectivity index is 0.00000320. The highest BCUT2D eigenvalue weighted by atomic mass is 127. The second-order valence-corrected chi connectivity index (χ2v) is 7.25. The molecule has 9 heteroatoms. The van der Waals surface area contributed by atoms with E-state index >= 15 is 0 Å². The van der Waals surface area contributed by atoms with Crippen LogP contribution in [-0.4, -0.2) is 55.6 Å². The lowest BCUT2D eigenvalue weighted by molar-refractivity contribution is 0.0954. The normalized spacial score (nSPS) is 16.0. The van der Waals surface area contributed by atoms with Crippen LogP contribution in [0.15, 0.2) is 53.8 Å². The number of hydrogen-bond acceptors (Lipinski definition) is 4. The third-order valence-electron chi connectivity index (χ3n) is 4.64. The van der Waals surface area contributed by atoms with E-state index in [2.05, 4.69) is 36.9 Å². The smallest absolute Gasteiger partial charge is 0.252 e. The molecule has 30 heavy (non-hydrogen) atoms. The van der Waals surface area contributed by atoms with E-state index in [4.69, 9.17) is 11.6 Å². The number of carbonyl (C=O) groups excluding carboxylic acids is 1. The lowest BCUT2D eigenvalue weighted by atomic mass is 10.2. The summed E-state index contributed by atoms with van der Waals surface area (Å²) in [4.78, 5) is 22.9. The molecule has 0 spiro atoms. The molecule has 0 saturated carbocycles. The zero-order valence-corrected chi connectivity index (χ0v) is 20.1. The highest BCUT2D eigenvalue weighted by molar-refractivity contribution is 14.0. The quantitative estimate of drug-likeness (QED) is 0.217. The maximum atomic E-state index is 12.0. The Bertz CT molecular complexity index is 835. The first-order valence-corrected chi connectivity index (χ1v) is 10.3. The van der Waals surface area contributed by atoms with Gasteiger partial charge in [0.2, 0.25) is 0 Å². The SMILES string of the molecule is CCNC(=NCCNC(=O)c1cccnc1)NC1CCN(c2cccc(Cl)c2)C1.I. The lowest BCUT2D eigenvalue weighted by Gasteiger charge is -2.20. The molecular weight excluding hydrogens is 515 g/mol. The first-order chi connectivity index (χ1) is 14.2. The number of carbonyl (C=O) groups is 1. The third kappa shape index (κ3) is 7.32. The molecule has 0 radical (unpaired) electrons. The number of guanidine groups is 1. The van der Waals surface area contributed by atoms with Gasteiger partial charge in [-0.1, -0.05) is 17.7 Å². The summed E-state index contributed by atoms with van der Waals surface area (Å²) in [5.41, 5.74) is 1.69. The van der Waals surface area contributed by atoms with Gasteiger partial charge in [0.1, 0.15) is 0 Å². The fourth-order valence-corrected chi connectivity index (χ4v) is 3.42. The Morgan fingerprint density at radius 3 is 2.90 bits per heavy atom. The monoisotopic (exact) mass is 542 g/mol. The van der Waals surface area contributed by atoms with Crippen LogP contribution in [0.25, 0.3) is 0 Å². The molecule has 2 aromatic rings. The lowest BCUT2D eigenvalue weighted by Crippen LogP contribution is -2.45. The van der Waals surface area contributed by atoms with E-state index in [1.807, 2.05) is 25.1 Å². The fourth-order valence-electron chi connectivity index (χ4n) is 3.24. The zero-order chi connectivity index (χ0) is 20.5. The summed E-state index contributed by atoms with van der Waals surface area (Å²) in [6, 6.07) is 11.7. The second kappa shape index (κ2) is 12.6. The van der Waals surface area contributed by atoms with Crippen molar-refractivity contribution in [2.75, 3.05) is 37.6 Å². The van der Waals surface area contributed by atoms with Crippen LogP contribution in [0.3, 0.4) is 0 Å². The summed E-state index contributed by atoms with van der Waals surface area (Å²) in [5, 5.41) is 10.4. The van der Waals surface area contributed by atoms with Gasteiger partial charge in [-0.05, 0) is 43.7 Å². The molecule has 1 aliphatic heterocycles. The molecule has 1 atom stereocenters. The van der Waals surface area contributed by atoms with Crippen molar-refractivity contribution in [2.24, 2.45) is 4.99 Å². The summed E-state index contributed by atoms with van der Waals surface area (Å²) in [6.07, 6.45) is 4.22. The fraction of sp³-hybridized carbons (Fsp3) is 0.381. The minimum absolute atomic E-state index is 0. The van der Waals surface area contributed by atoms with Crippen LogP contribution in [-0.2, 0) is 0 Å². The predicted molar refractivity (Wildman–Crippen MR) is 133 cm³/mol. The van der Waals surface area contributed by atoms with Crippen molar-refractivity contribution in [1.29, 1.82) is 0 Å². The first-order valence-electron chi connectivity index (χ1n) is 9.89. The molecule has 2 heterocycles. The van der Waals surface area contributed by atoms with Gasteiger partial charge >= 0.3 is 0 Å². The van der Waals surface area contributed by atoms with Crippen molar-refractivity contribution in [3.63, 3.8) is 0 Å². The summed E-state index contributed by atoms with van der Waals surface area (Å²) in [6.45, 7) is 5.63. The third-order valence-corrected chi connectivity index (χ3v) is 4.87. The number of anilines is 1. The van der Waals surface area contributed by atoms with Gasteiger partial charge in [0.15, 0.2) is 5.96 Å². The van der Waals surface area contributed by atoms with Crippen molar-refractivity contribution in [3.8, 4) is 0 Å². The Labute approximate surface area is 199 Å². The van der Waals surface area contributed by atoms with Crippen LogP contribution in [0.5, 0.6) is 0 Å². The molecule has 1 aliphatic rings. The number of nitrogens with one attached hydrogen (secondary N) is 3. The van der Waals surface area contributed by atoms with E-state index < -0.39 is 0 Å². The van der Waals surface area contributed by atoms with Gasteiger partial charge in [-0.25, -0.2) is 0 Å². The van der Waals surface area contributed by atoms with Gasteiger partial charge < -0.3 is 20.9 Å². The highest BCUT2D eigenvalue weighted by Gasteiger charge is 2.23. The zero-order valence-electron chi connectivity index (χ0n) is 17.0. The molecule has 7 nitrogen and oxygen atoms in total. The standard InChI is InChI=1S/C21H27ClN6O.HI/c1-2-24-21(26-11-10-25-20(29)16-5-4-9-23-14-16)27-18-8-12-28(15-18)19-7-3-6-17(22)13-19;/h3-7,9,13-14,18H,2,8,10-12,15H2,1H3,(H,25,29)(H2,24,26,27);1H. The summed E-state index contributed by atoms with van der Waals surface area (Å²) < 4.78 is 0. The van der Waals surface area contributed by atoms with Crippen LogP contribution in [0.4, 0.5) is 5.69 Å². The minimum Gasteiger partial charge on any atom is -0.369 e. The van der Waals surface area contributed by atoms with Crippen LogP contribution in [0.2, 0.25) is 5.02 Å². The number of amides is 1. The Morgan fingerprint density at radius 2 is 2.17 bits per heavy atom. The number of benzene rings is 1. The van der Waals surface area contributed by atoms with Gasteiger partial charge in [-0.2, -0.15) is 0 Å². The van der Waals surface area contributed by atoms with E-state index in [1.165, 1.54) is 0 Å². The summed E-state index contributed by atoms with van der Waals surface area (Å²) in [5.74, 6) is 0.625. The van der Waals surface area contributed by atoms with Crippen molar-refractivity contribution >= 4 is 53.1 Å². The van der Waals surface area contributed by atoms with Crippen LogP contribution in [0, 0.1) is 0 Å². The average molecular weight is 543 g/mol. The first kappa shape index (κ1) is 24.2. The number of nitrogens with zero attached hydrogens (tertiary/aromatic N) is 3. The molecular formula is C21H28ClIN6O. The number of aromatic nitrogens is 1. The number of rotatable bonds is 7. The van der Waals surface area contributed by atoms with Gasteiger partial charge in [-0.3, -0.25) is 14.8 Å². The maximum Gasteiger partial charge on any atom is 0.252 e. The average Bonchev–Trinajstić information content (AvgIpc) is 3.20. The van der Waals surface area contributed by atoms with E-state index in [1.54, 1.807) is 24.5 Å². The number of halogens is 2. The van der Waals surface area contributed by atoms with Crippen molar-refractivity contribution < 1.29 is 4.79 Å². The van der Waals surface area contributed by atoms with Crippen molar-refractivity contribution in [1.82, 2.24) is 20.9 Å². The van der Waals surface area contributed by atoms with E-state index in [0.29, 0.717) is 24.7 Å². The number of aliphatic imine (C=N–C) groups is 1. The number of pyridine rings is 1. The topological polar surface area (TPSA) is 81.6 Å². The second-order valence-electron chi connectivity index (χ2n) is 6.81. The van der Waals surface area contributed by atoms with E-state index in [9.17, 15) is 4.79 Å². The molecule has 1 unspecified atom stereocenters. The van der Waals surface area contributed by atoms with Crippen LogP contribution >= 0.6 is 35.6 Å². The highest BCUT2D eigenvalue weighted by Crippen LogP contribution is 2.23. The van der Waals surface area contributed by atoms with Gasteiger partial charge in [0.05, 0.1) is 12.1 Å². The molecule has 3 rings (SSSR count). The Morgan fingerprint density at radius 1 is 1.30 bits per heavy atom. The van der Waals surface area contributed by atoms with Gasteiger partial charge in [0, 0.05) is 55.3 Å². The van der Waals surface area contributed by atoms with Gasteiger partial charge in [0.25, 0.3) is 5.91 Å². The van der Waals surface area contributed by atoms with Crippen molar-refractivity contribution in [2.45, 2.75) is 19.4 Å². The Hall–Kier alpha value is -2.07. The summed E-state index contributed by atoms with van der Waals surface area (Å²) >= 11 is 6.11. The maximum absolute atomic E-state index is 12.0.